The molecule has 0 aromatic heterocycles. The summed E-state index contributed by atoms with van der Waals surface area (Å²) in [5, 5.41) is 34.0. The van der Waals surface area contributed by atoms with Gasteiger partial charge in [0.1, 0.15) is 11.5 Å². The van der Waals surface area contributed by atoms with Gasteiger partial charge in [-0.15, -0.1) is 0 Å². The zero-order valence-corrected chi connectivity index (χ0v) is 39.1. The van der Waals surface area contributed by atoms with Crippen molar-refractivity contribution in [1.82, 2.24) is 0 Å². The number of aromatic hydroxyl groups is 2. The first-order chi connectivity index (χ1) is 33.0. The quantitative estimate of drug-likeness (QED) is 0.144. The molecule has 0 aliphatic heterocycles. The van der Waals surface area contributed by atoms with E-state index in [-0.39, 0.29) is 0 Å². The maximum absolute atomic E-state index is 12.3. The predicted octanol–water partition coefficient (Wildman–Crippen LogP) is 16.9. The Balaban J connectivity index is 1.03. The van der Waals surface area contributed by atoms with Crippen LogP contribution >= 0.6 is 0 Å². The molecule has 2 N–H and O–H groups in total. The van der Waals surface area contributed by atoms with Gasteiger partial charge < -0.3 is 10.2 Å². The van der Waals surface area contributed by atoms with Crippen LogP contribution in [0.2, 0.25) is 0 Å². The van der Waals surface area contributed by atoms with Gasteiger partial charge in [-0.1, -0.05) is 234 Å². The van der Waals surface area contributed by atoms with Crippen molar-refractivity contribution in [2.45, 2.75) is 51.4 Å². The van der Waals surface area contributed by atoms with Crippen LogP contribution < -0.4 is 0 Å². The lowest BCUT2D eigenvalue weighted by Crippen LogP contribution is -2.23. The summed E-state index contributed by atoms with van der Waals surface area (Å²) in [7, 11) is 0. The summed E-state index contributed by atoms with van der Waals surface area (Å²) in [5.74, 6) is 0.635. The highest BCUT2D eigenvalue weighted by atomic mass is 16.3. The van der Waals surface area contributed by atoms with Crippen LogP contribution in [0.3, 0.4) is 0 Å². The Morgan fingerprint density at radius 2 is 0.662 bits per heavy atom. The van der Waals surface area contributed by atoms with Gasteiger partial charge in [-0.3, -0.25) is 0 Å². The van der Waals surface area contributed by atoms with Gasteiger partial charge in [0.15, 0.2) is 0 Å². The molecule has 2 nitrogen and oxygen atoms in total. The summed E-state index contributed by atoms with van der Waals surface area (Å²) in [6, 6.07) is 77.7. The van der Waals surface area contributed by atoms with E-state index in [2.05, 4.69) is 246 Å². The average molecular weight is 879 g/mol. The molecule has 2 heteroatoms. The molecule has 11 aromatic rings. The number of hydrogen-bond donors (Lipinski definition) is 2. The number of phenolic OH excluding ortho intramolecular Hbond substituents is 2. The molecule has 0 fully saturated rings. The highest BCUT2D eigenvalue weighted by Gasteiger charge is 2.31. The first kappa shape index (κ1) is 42.7. The lowest BCUT2D eigenvalue weighted by Gasteiger charge is -2.32. The van der Waals surface area contributed by atoms with E-state index < -0.39 is 10.8 Å². The van der Waals surface area contributed by atoms with Crippen LogP contribution in [0.5, 0.6) is 11.5 Å². The zero-order chi connectivity index (χ0) is 46.6. The minimum Gasteiger partial charge on any atom is -0.507 e. The second-order valence-electron chi connectivity index (χ2n) is 19.7. The van der Waals surface area contributed by atoms with E-state index in [1.165, 1.54) is 32.7 Å². The SMILES string of the molecule is CC(C)(c1cccc(C(C)(C)c2cc(Cc3ccc4ccccc4c3)c(O)c(-c3cccc4ccccc34)c2)c1)c1cc(Cc2ccc3ccccc3c2)c(O)c(-c2cccc3ccccc23)c1. The van der Waals surface area contributed by atoms with Crippen molar-refractivity contribution < 1.29 is 10.2 Å². The molecular weight excluding hydrogens is 825 g/mol. The number of benzene rings is 11. The van der Waals surface area contributed by atoms with Crippen molar-refractivity contribution in [2.75, 3.05) is 0 Å². The van der Waals surface area contributed by atoms with Crippen molar-refractivity contribution in [3.63, 3.8) is 0 Å². The fourth-order valence-corrected chi connectivity index (χ4v) is 10.5. The largest absolute Gasteiger partial charge is 0.507 e. The molecule has 68 heavy (non-hydrogen) atoms. The number of phenols is 2. The van der Waals surface area contributed by atoms with E-state index in [0.29, 0.717) is 24.3 Å². The molecule has 0 atom stereocenters. The zero-order valence-electron chi connectivity index (χ0n) is 39.1. The van der Waals surface area contributed by atoms with E-state index in [1.807, 2.05) is 0 Å². The molecule has 0 saturated heterocycles. The van der Waals surface area contributed by atoms with Crippen LogP contribution in [0, 0.1) is 0 Å². The van der Waals surface area contributed by atoms with Crippen molar-refractivity contribution in [1.29, 1.82) is 0 Å². The number of fused-ring (bicyclic) bond motifs is 4. The molecule has 0 spiro atoms. The summed E-state index contributed by atoms with van der Waals surface area (Å²) in [6.07, 6.45) is 1.18. The second-order valence-corrected chi connectivity index (χ2v) is 19.7. The van der Waals surface area contributed by atoms with Crippen molar-refractivity contribution >= 4 is 43.1 Å². The molecule has 330 valence electrons. The minimum absolute atomic E-state index is 0.317. The first-order valence-corrected chi connectivity index (χ1v) is 23.8. The Bertz CT molecular complexity index is 3470. The molecule has 0 bridgehead atoms. The maximum atomic E-state index is 12.3. The molecule has 0 aliphatic rings. The summed E-state index contributed by atoms with van der Waals surface area (Å²) < 4.78 is 0. The second kappa shape index (κ2) is 17.0. The first-order valence-electron chi connectivity index (χ1n) is 23.8. The Morgan fingerprint density at radius 3 is 1.10 bits per heavy atom. The van der Waals surface area contributed by atoms with E-state index in [1.54, 1.807) is 0 Å². The highest BCUT2D eigenvalue weighted by Crippen LogP contribution is 2.46. The van der Waals surface area contributed by atoms with Crippen LogP contribution in [0.15, 0.2) is 218 Å². The lowest BCUT2D eigenvalue weighted by molar-refractivity contribution is 0.470. The molecule has 0 radical (unpaired) electrons. The van der Waals surface area contributed by atoms with Crippen LogP contribution in [-0.4, -0.2) is 10.2 Å². The van der Waals surface area contributed by atoms with Gasteiger partial charge in [-0.25, -0.2) is 0 Å². The van der Waals surface area contributed by atoms with Gasteiger partial charge in [-0.2, -0.15) is 0 Å². The number of rotatable bonds is 10. The third-order valence-electron chi connectivity index (χ3n) is 14.7. The van der Waals surface area contributed by atoms with Crippen LogP contribution in [-0.2, 0) is 23.7 Å². The average Bonchev–Trinajstić information content (AvgIpc) is 3.37. The van der Waals surface area contributed by atoms with Crippen LogP contribution in [0.25, 0.3) is 65.3 Å². The van der Waals surface area contributed by atoms with Crippen molar-refractivity contribution in [2.24, 2.45) is 0 Å². The fourth-order valence-electron chi connectivity index (χ4n) is 10.5. The monoisotopic (exact) mass is 878 g/mol. The molecule has 0 saturated carbocycles. The topological polar surface area (TPSA) is 40.5 Å². The lowest BCUT2D eigenvalue weighted by atomic mass is 9.72. The normalized spacial score (nSPS) is 12.1. The summed E-state index contributed by atoms with van der Waals surface area (Å²) in [4.78, 5) is 0. The van der Waals surface area contributed by atoms with E-state index >= 15 is 0 Å². The van der Waals surface area contributed by atoms with Crippen molar-refractivity contribution in [3.05, 3.63) is 263 Å². The van der Waals surface area contributed by atoms with Gasteiger partial charge in [-0.05, 0) is 111 Å². The Hall–Kier alpha value is -7.94. The third kappa shape index (κ3) is 7.76. The Kier molecular flexibility index (Phi) is 10.7. The summed E-state index contributed by atoms with van der Waals surface area (Å²) in [6.45, 7) is 9.22. The molecule has 0 heterocycles. The van der Waals surface area contributed by atoms with E-state index in [0.717, 1.165) is 77.2 Å². The van der Waals surface area contributed by atoms with E-state index in [9.17, 15) is 10.2 Å². The third-order valence-corrected chi connectivity index (χ3v) is 14.7. The van der Waals surface area contributed by atoms with Gasteiger partial charge in [0, 0.05) is 34.8 Å². The van der Waals surface area contributed by atoms with Gasteiger partial charge in [0.25, 0.3) is 0 Å². The van der Waals surface area contributed by atoms with Crippen molar-refractivity contribution in [3.8, 4) is 33.8 Å². The fraction of sp³-hybridized carbons (Fsp3) is 0.121. The number of hydrogen-bond acceptors (Lipinski definition) is 2. The summed E-state index contributed by atoms with van der Waals surface area (Å²) in [5.41, 5.74) is 11.5. The van der Waals surface area contributed by atoms with Crippen LogP contribution in [0.4, 0.5) is 0 Å². The summed E-state index contributed by atoms with van der Waals surface area (Å²) >= 11 is 0. The van der Waals surface area contributed by atoms with Gasteiger partial charge >= 0.3 is 0 Å². The molecule has 0 aliphatic carbocycles. The Morgan fingerprint density at radius 1 is 0.294 bits per heavy atom. The van der Waals surface area contributed by atoms with E-state index in [4.69, 9.17) is 0 Å². The molecule has 11 rings (SSSR count). The minimum atomic E-state index is -0.457. The van der Waals surface area contributed by atoms with Crippen LogP contribution in [0.1, 0.15) is 72.2 Å². The maximum Gasteiger partial charge on any atom is 0.126 e. The molecule has 0 amide bonds. The smallest absolute Gasteiger partial charge is 0.126 e. The standard InChI is InChI=1S/C66H54O2/c1-65(2,55-38-51(36-43-30-32-45-16-5-7-20-49(45)34-43)63(67)61(41-55)59-28-13-22-47-18-9-11-26-57(47)59)53-24-15-25-54(40-53)66(3,4)56-39-52(37-44-31-33-46-17-6-8-21-50(46)35-44)64(68)62(42-56)60-29-14-23-48-19-10-12-27-58(48)60/h5-35,38-42,67-68H,36-37H2,1-4H3. The van der Waals surface area contributed by atoms with Gasteiger partial charge in [0.2, 0.25) is 0 Å². The Labute approximate surface area is 399 Å². The predicted molar refractivity (Wildman–Crippen MR) is 286 cm³/mol. The molecule has 0 unspecified atom stereocenters. The highest BCUT2D eigenvalue weighted by molar-refractivity contribution is 5.99. The molecular formula is C66H54O2. The van der Waals surface area contributed by atoms with Gasteiger partial charge in [0.05, 0.1) is 0 Å². The molecule has 11 aromatic carbocycles.